The summed E-state index contributed by atoms with van der Waals surface area (Å²) in [5, 5.41) is 9.15. The van der Waals surface area contributed by atoms with Crippen LogP contribution in [0.1, 0.15) is 22.8 Å². The third kappa shape index (κ3) is 3.70. The Bertz CT molecular complexity index is 1010. The van der Waals surface area contributed by atoms with Crippen LogP contribution in [0.4, 0.5) is 0 Å². The van der Waals surface area contributed by atoms with Gasteiger partial charge in [0.25, 0.3) is 0 Å². The fraction of sp³-hybridized carbons (Fsp3) is 0.174. The molecule has 3 aromatic carbocycles. The Hall–Kier alpha value is -3.31. The molecule has 0 fully saturated rings. The van der Waals surface area contributed by atoms with E-state index < -0.39 is 5.97 Å². The topological polar surface area (TPSA) is 81.8 Å². The van der Waals surface area contributed by atoms with Gasteiger partial charge in [0, 0.05) is 12.1 Å². The van der Waals surface area contributed by atoms with Crippen molar-refractivity contribution in [3.63, 3.8) is 0 Å². The molecule has 1 heterocycles. The smallest absolute Gasteiger partial charge is 0.307 e. The number of nitrogens with two attached hydrogens (primary N) is 1. The number of carboxylic acid groups (broad SMARTS) is 1. The Labute approximate surface area is 163 Å². The molecule has 5 nitrogen and oxygen atoms in total. The molecule has 0 saturated heterocycles. The van der Waals surface area contributed by atoms with Crippen molar-refractivity contribution in [3.05, 3.63) is 83.4 Å². The predicted octanol–water partition coefficient (Wildman–Crippen LogP) is 3.95. The van der Waals surface area contributed by atoms with Crippen molar-refractivity contribution in [2.75, 3.05) is 6.61 Å². The molecule has 3 aromatic rings. The number of fused-ring (bicyclic) bond motifs is 1. The molecule has 0 amide bonds. The monoisotopic (exact) mass is 375 g/mol. The van der Waals surface area contributed by atoms with E-state index in [1.165, 1.54) is 0 Å². The van der Waals surface area contributed by atoms with Crippen LogP contribution in [-0.4, -0.2) is 17.7 Å². The molecule has 142 valence electrons. The molecule has 1 atom stereocenters. The van der Waals surface area contributed by atoms with Crippen LogP contribution in [0.3, 0.4) is 0 Å². The Balaban J connectivity index is 1.64. The summed E-state index contributed by atoms with van der Waals surface area (Å²) in [6.45, 7) is 0.867. The van der Waals surface area contributed by atoms with Gasteiger partial charge in [-0.05, 0) is 40.5 Å². The van der Waals surface area contributed by atoms with Crippen molar-refractivity contribution in [3.8, 4) is 22.6 Å². The average Bonchev–Trinajstić information content (AvgIpc) is 2.73. The zero-order valence-corrected chi connectivity index (χ0v) is 15.3. The molecule has 0 radical (unpaired) electrons. The van der Waals surface area contributed by atoms with E-state index in [-0.39, 0.29) is 12.5 Å². The molecule has 5 heteroatoms. The van der Waals surface area contributed by atoms with Gasteiger partial charge in [0.05, 0.1) is 6.42 Å². The maximum absolute atomic E-state index is 11.2. The van der Waals surface area contributed by atoms with Gasteiger partial charge in [0.1, 0.15) is 6.61 Å². The summed E-state index contributed by atoms with van der Waals surface area (Å²) in [5.41, 5.74) is 10.6. The molecule has 4 rings (SSSR count). The minimum Gasteiger partial charge on any atom is -0.485 e. The Kier molecular flexibility index (Phi) is 5.00. The van der Waals surface area contributed by atoms with Gasteiger partial charge in [-0.2, -0.15) is 0 Å². The molecular formula is C23H21NO4. The van der Waals surface area contributed by atoms with E-state index in [1.807, 2.05) is 30.3 Å². The number of carboxylic acids is 1. The maximum Gasteiger partial charge on any atom is 0.307 e. The van der Waals surface area contributed by atoms with Gasteiger partial charge in [-0.1, -0.05) is 48.5 Å². The van der Waals surface area contributed by atoms with Crippen molar-refractivity contribution < 1.29 is 19.4 Å². The summed E-state index contributed by atoms with van der Waals surface area (Å²) in [5.74, 6) is 0.194. The normalized spacial score (nSPS) is 15.2. The molecule has 1 aliphatic rings. The second-order valence-electron chi connectivity index (χ2n) is 6.76. The first kappa shape index (κ1) is 18.1. The van der Waals surface area contributed by atoms with Gasteiger partial charge >= 0.3 is 5.97 Å². The van der Waals surface area contributed by atoms with Crippen molar-refractivity contribution in [2.24, 2.45) is 5.73 Å². The lowest BCUT2D eigenvalue weighted by Crippen LogP contribution is -2.22. The van der Waals surface area contributed by atoms with Crippen molar-refractivity contribution in [1.82, 2.24) is 0 Å². The standard InChI is InChI=1S/C23H21NO4/c24-13-15-4-1-5-16(10-15)17-6-2-7-18(11-17)21-14-27-20-9-3-8-19(12-22(25)26)23(20)28-21/h1-11,21H,12-14,24H2,(H,25,26). The van der Waals surface area contributed by atoms with E-state index in [9.17, 15) is 4.79 Å². The van der Waals surface area contributed by atoms with E-state index in [0.717, 1.165) is 22.3 Å². The van der Waals surface area contributed by atoms with Crippen molar-refractivity contribution in [2.45, 2.75) is 19.1 Å². The zero-order valence-electron chi connectivity index (χ0n) is 15.3. The van der Waals surface area contributed by atoms with Crippen LogP contribution in [0.15, 0.2) is 66.7 Å². The molecule has 1 unspecified atom stereocenters. The largest absolute Gasteiger partial charge is 0.485 e. The number of carbonyl (C=O) groups is 1. The summed E-state index contributed by atoms with van der Waals surface area (Å²) >= 11 is 0. The van der Waals surface area contributed by atoms with Crippen molar-refractivity contribution in [1.29, 1.82) is 0 Å². The average molecular weight is 375 g/mol. The number of benzene rings is 3. The molecule has 0 bridgehead atoms. The number of hydrogen-bond acceptors (Lipinski definition) is 4. The van der Waals surface area contributed by atoms with E-state index in [1.54, 1.807) is 18.2 Å². The third-order valence-corrected chi connectivity index (χ3v) is 4.81. The summed E-state index contributed by atoms with van der Waals surface area (Å²) in [6.07, 6.45) is -0.411. The highest BCUT2D eigenvalue weighted by molar-refractivity contribution is 5.72. The highest BCUT2D eigenvalue weighted by Crippen LogP contribution is 2.40. The number of hydrogen-bond donors (Lipinski definition) is 2. The summed E-state index contributed by atoms with van der Waals surface area (Å²) in [4.78, 5) is 11.2. The lowest BCUT2D eigenvalue weighted by Gasteiger charge is -2.28. The maximum atomic E-state index is 11.2. The Morgan fingerprint density at radius 2 is 1.79 bits per heavy atom. The van der Waals surface area contributed by atoms with Crippen LogP contribution in [0, 0.1) is 0 Å². The second-order valence-corrected chi connectivity index (χ2v) is 6.76. The summed E-state index contributed by atoms with van der Waals surface area (Å²) in [6, 6.07) is 21.6. The summed E-state index contributed by atoms with van der Waals surface area (Å²) < 4.78 is 12.0. The molecule has 0 saturated carbocycles. The second kappa shape index (κ2) is 7.74. The first-order valence-corrected chi connectivity index (χ1v) is 9.16. The van der Waals surface area contributed by atoms with E-state index in [0.29, 0.717) is 30.2 Å². The van der Waals surface area contributed by atoms with Crippen LogP contribution in [-0.2, 0) is 17.8 Å². The molecule has 0 aliphatic carbocycles. The minimum atomic E-state index is -0.902. The number of rotatable bonds is 5. The van der Waals surface area contributed by atoms with Gasteiger partial charge < -0.3 is 20.3 Å². The quantitative estimate of drug-likeness (QED) is 0.706. The van der Waals surface area contributed by atoms with Gasteiger partial charge in [0.2, 0.25) is 0 Å². The first-order chi connectivity index (χ1) is 13.6. The van der Waals surface area contributed by atoms with Crippen LogP contribution in [0.25, 0.3) is 11.1 Å². The molecule has 3 N–H and O–H groups in total. The highest BCUT2D eigenvalue weighted by atomic mass is 16.6. The Morgan fingerprint density at radius 1 is 1.04 bits per heavy atom. The molecule has 0 spiro atoms. The van der Waals surface area contributed by atoms with Crippen LogP contribution >= 0.6 is 0 Å². The molecule has 28 heavy (non-hydrogen) atoms. The fourth-order valence-electron chi connectivity index (χ4n) is 3.41. The van der Waals surface area contributed by atoms with Gasteiger partial charge in [0.15, 0.2) is 17.6 Å². The van der Waals surface area contributed by atoms with Crippen LogP contribution < -0.4 is 15.2 Å². The highest BCUT2D eigenvalue weighted by Gasteiger charge is 2.25. The third-order valence-electron chi connectivity index (χ3n) is 4.81. The lowest BCUT2D eigenvalue weighted by atomic mass is 9.99. The first-order valence-electron chi connectivity index (χ1n) is 9.16. The van der Waals surface area contributed by atoms with Gasteiger partial charge in [-0.15, -0.1) is 0 Å². The molecular weight excluding hydrogens is 354 g/mol. The van der Waals surface area contributed by atoms with Crippen LogP contribution in [0.2, 0.25) is 0 Å². The minimum absolute atomic E-state index is 0.106. The van der Waals surface area contributed by atoms with E-state index >= 15 is 0 Å². The van der Waals surface area contributed by atoms with Gasteiger partial charge in [-0.25, -0.2) is 0 Å². The Morgan fingerprint density at radius 3 is 2.57 bits per heavy atom. The van der Waals surface area contributed by atoms with Crippen LogP contribution in [0.5, 0.6) is 11.5 Å². The molecule has 1 aliphatic heterocycles. The van der Waals surface area contributed by atoms with Crippen molar-refractivity contribution >= 4 is 5.97 Å². The summed E-state index contributed by atoms with van der Waals surface area (Å²) in [7, 11) is 0. The number of para-hydroxylation sites is 1. The molecule has 0 aromatic heterocycles. The fourth-order valence-corrected chi connectivity index (χ4v) is 3.41. The van der Waals surface area contributed by atoms with E-state index in [4.69, 9.17) is 20.3 Å². The lowest BCUT2D eigenvalue weighted by molar-refractivity contribution is -0.136. The predicted molar refractivity (Wildman–Crippen MR) is 106 cm³/mol. The SMILES string of the molecule is NCc1cccc(-c2cccc(C3COc4cccc(CC(=O)O)c4O3)c2)c1. The number of aliphatic carboxylic acids is 1. The van der Waals surface area contributed by atoms with Gasteiger partial charge in [-0.3, -0.25) is 4.79 Å². The zero-order chi connectivity index (χ0) is 19.5. The van der Waals surface area contributed by atoms with E-state index in [2.05, 4.69) is 18.2 Å². The number of ether oxygens (including phenoxy) is 2.